The Morgan fingerprint density at radius 2 is 1.83 bits per heavy atom. The van der Waals surface area contributed by atoms with Crippen molar-refractivity contribution < 1.29 is 27.9 Å². The van der Waals surface area contributed by atoms with Crippen LogP contribution in [0.15, 0.2) is 48.9 Å². The van der Waals surface area contributed by atoms with Gasteiger partial charge in [0.05, 0.1) is 28.5 Å². The standard InChI is InChI=1S/C23H19ClF3N5O3/c1-2-19(33)32(22(34)35)15-11-31(12-15)18-10-29-20(13-3-5-14(6-4-13)23(25,26)27)21(30-18)16-7-8-28-9-17(16)24/h3-10,15H,2,11-12H2,1H3,(H,34,35). The monoisotopic (exact) mass is 505 g/mol. The van der Waals surface area contributed by atoms with Crippen molar-refractivity contribution in [2.75, 3.05) is 18.0 Å². The van der Waals surface area contributed by atoms with E-state index in [-0.39, 0.29) is 24.5 Å². The van der Waals surface area contributed by atoms with Gasteiger partial charge in [-0.2, -0.15) is 13.2 Å². The maximum Gasteiger partial charge on any atom is 0.416 e. The van der Waals surface area contributed by atoms with Crippen LogP contribution >= 0.6 is 11.6 Å². The zero-order chi connectivity index (χ0) is 25.3. The van der Waals surface area contributed by atoms with E-state index in [1.807, 2.05) is 0 Å². The molecule has 2 amide bonds. The van der Waals surface area contributed by atoms with Crippen molar-refractivity contribution >= 4 is 29.4 Å². The van der Waals surface area contributed by atoms with E-state index in [1.165, 1.54) is 30.7 Å². The molecule has 1 fully saturated rings. The van der Waals surface area contributed by atoms with Crippen molar-refractivity contribution in [3.63, 3.8) is 0 Å². The summed E-state index contributed by atoms with van der Waals surface area (Å²) in [5, 5.41) is 9.67. The molecule has 1 N–H and O–H groups in total. The quantitative estimate of drug-likeness (QED) is 0.522. The lowest BCUT2D eigenvalue weighted by molar-refractivity contribution is -0.137. The summed E-state index contributed by atoms with van der Waals surface area (Å²) in [5.41, 5.74) is 0.757. The number of hydrogen-bond donors (Lipinski definition) is 1. The molecule has 0 saturated carbocycles. The van der Waals surface area contributed by atoms with Crippen LogP contribution in [-0.4, -0.2) is 56.1 Å². The number of aromatic nitrogens is 3. The van der Waals surface area contributed by atoms with E-state index in [0.29, 0.717) is 28.3 Å². The highest BCUT2D eigenvalue weighted by Gasteiger charge is 2.38. The lowest BCUT2D eigenvalue weighted by atomic mass is 10.0. The molecule has 0 atom stereocenters. The predicted octanol–water partition coefficient (Wildman–Crippen LogP) is 4.98. The van der Waals surface area contributed by atoms with Crippen molar-refractivity contribution in [2.45, 2.75) is 25.6 Å². The fourth-order valence-electron chi connectivity index (χ4n) is 3.76. The lowest BCUT2D eigenvalue weighted by Gasteiger charge is -2.43. The highest BCUT2D eigenvalue weighted by Crippen LogP contribution is 2.36. The maximum atomic E-state index is 13.0. The number of rotatable bonds is 5. The smallest absolute Gasteiger partial charge is 0.416 e. The van der Waals surface area contributed by atoms with Gasteiger partial charge in [-0.1, -0.05) is 30.7 Å². The zero-order valence-electron chi connectivity index (χ0n) is 18.3. The number of halogens is 4. The molecule has 0 unspecified atom stereocenters. The summed E-state index contributed by atoms with van der Waals surface area (Å²) in [6.07, 6.45) is -1.34. The van der Waals surface area contributed by atoms with Gasteiger partial charge in [-0.15, -0.1) is 0 Å². The first-order chi connectivity index (χ1) is 16.6. The van der Waals surface area contributed by atoms with Gasteiger partial charge in [0.15, 0.2) is 0 Å². The summed E-state index contributed by atoms with van der Waals surface area (Å²) >= 11 is 6.33. The van der Waals surface area contributed by atoms with Crippen LogP contribution in [0.5, 0.6) is 0 Å². The van der Waals surface area contributed by atoms with E-state index in [2.05, 4.69) is 15.0 Å². The first kappa shape index (κ1) is 24.4. The van der Waals surface area contributed by atoms with Crippen LogP contribution in [-0.2, 0) is 11.0 Å². The summed E-state index contributed by atoms with van der Waals surface area (Å²) in [4.78, 5) is 39.2. The summed E-state index contributed by atoms with van der Waals surface area (Å²) in [5.74, 6) is -0.0794. The topological polar surface area (TPSA) is 99.5 Å². The Hall–Kier alpha value is -3.73. The summed E-state index contributed by atoms with van der Waals surface area (Å²) in [7, 11) is 0. The Morgan fingerprint density at radius 3 is 2.40 bits per heavy atom. The number of carbonyl (C=O) groups is 2. The third kappa shape index (κ3) is 4.90. The predicted molar refractivity (Wildman–Crippen MR) is 122 cm³/mol. The second-order valence-electron chi connectivity index (χ2n) is 7.81. The molecule has 1 aliphatic heterocycles. The number of hydrogen-bond acceptors (Lipinski definition) is 6. The number of anilines is 1. The summed E-state index contributed by atoms with van der Waals surface area (Å²) in [6, 6.07) is 5.65. The largest absolute Gasteiger partial charge is 0.465 e. The van der Waals surface area contributed by atoms with Crippen LogP contribution in [0, 0.1) is 0 Å². The van der Waals surface area contributed by atoms with Crippen LogP contribution < -0.4 is 4.90 Å². The maximum absolute atomic E-state index is 13.0. The number of carbonyl (C=O) groups excluding carboxylic acids is 1. The molecular formula is C23H19ClF3N5O3. The second-order valence-corrected chi connectivity index (χ2v) is 8.22. The van der Waals surface area contributed by atoms with Gasteiger partial charge >= 0.3 is 12.3 Å². The van der Waals surface area contributed by atoms with Crippen molar-refractivity contribution in [2.24, 2.45) is 0 Å². The molecule has 1 aliphatic rings. The van der Waals surface area contributed by atoms with Gasteiger partial charge < -0.3 is 10.0 Å². The summed E-state index contributed by atoms with van der Waals surface area (Å²) in [6.45, 7) is 2.05. The van der Waals surface area contributed by atoms with Crippen LogP contribution in [0.1, 0.15) is 18.9 Å². The number of carboxylic acid groups (broad SMARTS) is 1. The molecule has 3 heterocycles. The molecule has 0 radical (unpaired) electrons. The van der Waals surface area contributed by atoms with Gasteiger partial charge in [0.2, 0.25) is 5.91 Å². The SMILES string of the molecule is CCC(=O)N(C(=O)O)C1CN(c2cnc(-c3ccc(C(F)(F)F)cc3)c(-c3ccncc3Cl)n2)C1. The number of amides is 2. The molecule has 0 bridgehead atoms. The summed E-state index contributed by atoms with van der Waals surface area (Å²) < 4.78 is 39.0. The fraction of sp³-hybridized carbons (Fsp3) is 0.261. The highest BCUT2D eigenvalue weighted by atomic mass is 35.5. The van der Waals surface area contributed by atoms with Gasteiger partial charge in [0, 0.05) is 43.0 Å². The number of nitrogens with zero attached hydrogens (tertiary/aromatic N) is 5. The van der Waals surface area contributed by atoms with Crippen LogP contribution in [0.25, 0.3) is 22.5 Å². The van der Waals surface area contributed by atoms with Crippen LogP contribution in [0.3, 0.4) is 0 Å². The van der Waals surface area contributed by atoms with Gasteiger partial charge in [-0.3, -0.25) is 14.8 Å². The molecule has 8 nitrogen and oxygen atoms in total. The number of alkyl halides is 3. The molecule has 35 heavy (non-hydrogen) atoms. The second kappa shape index (κ2) is 9.49. The lowest BCUT2D eigenvalue weighted by Crippen LogP contribution is -2.62. The first-order valence-corrected chi connectivity index (χ1v) is 10.9. The van der Waals surface area contributed by atoms with Gasteiger partial charge in [-0.05, 0) is 18.2 Å². The minimum Gasteiger partial charge on any atom is -0.465 e. The third-order valence-electron chi connectivity index (χ3n) is 5.60. The van der Waals surface area contributed by atoms with E-state index in [9.17, 15) is 27.9 Å². The molecule has 2 aromatic heterocycles. The van der Waals surface area contributed by atoms with Crippen molar-refractivity contribution in [3.8, 4) is 22.5 Å². The zero-order valence-corrected chi connectivity index (χ0v) is 19.1. The Morgan fingerprint density at radius 1 is 1.14 bits per heavy atom. The number of imide groups is 1. The number of pyridine rings is 1. The highest BCUT2D eigenvalue weighted by molar-refractivity contribution is 6.33. The van der Waals surface area contributed by atoms with E-state index in [4.69, 9.17) is 11.6 Å². The van der Waals surface area contributed by atoms with Gasteiger partial charge in [0.1, 0.15) is 11.5 Å². The molecule has 0 spiro atoms. The van der Waals surface area contributed by atoms with E-state index in [1.54, 1.807) is 17.9 Å². The Labute approximate surface area is 203 Å². The minimum atomic E-state index is -4.47. The third-order valence-corrected chi connectivity index (χ3v) is 5.90. The Balaban J connectivity index is 1.69. The first-order valence-electron chi connectivity index (χ1n) is 10.5. The minimum absolute atomic E-state index is 0.0646. The van der Waals surface area contributed by atoms with E-state index >= 15 is 0 Å². The molecule has 3 aromatic rings. The molecular weight excluding hydrogens is 487 g/mol. The van der Waals surface area contributed by atoms with Gasteiger partial charge in [0.25, 0.3) is 0 Å². The Bertz CT molecular complexity index is 1260. The Kier molecular flexibility index (Phi) is 6.62. The molecule has 12 heteroatoms. The number of benzene rings is 1. The van der Waals surface area contributed by atoms with Gasteiger partial charge in [-0.25, -0.2) is 14.7 Å². The van der Waals surface area contributed by atoms with E-state index in [0.717, 1.165) is 17.0 Å². The van der Waals surface area contributed by atoms with Crippen LogP contribution in [0.2, 0.25) is 5.02 Å². The normalized spacial score (nSPS) is 13.9. The van der Waals surface area contributed by atoms with Crippen molar-refractivity contribution in [1.29, 1.82) is 0 Å². The fourth-order valence-corrected chi connectivity index (χ4v) is 3.97. The average molecular weight is 506 g/mol. The molecule has 1 saturated heterocycles. The molecule has 0 aliphatic carbocycles. The molecule has 182 valence electrons. The average Bonchev–Trinajstić information content (AvgIpc) is 2.80. The van der Waals surface area contributed by atoms with Crippen molar-refractivity contribution in [1.82, 2.24) is 19.9 Å². The molecule has 4 rings (SSSR count). The van der Waals surface area contributed by atoms with Crippen LogP contribution in [0.4, 0.5) is 23.8 Å². The molecule has 1 aromatic carbocycles. The van der Waals surface area contributed by atoms with E-state index < -0.39 is 29.8 Å². The van der Waals surface area contributed by atoms with Crippen molar-refractivity contribution in [3.05, 3.63) is 59.5 Å².